The highest BCUT2D eigenvalue weighted by Crippen LogP contribution is 2.24. The van der Waals surface area contributed by atoms with Gasteiger partial charge in [-0.2, -0.15) is 0 Å². The fourth-order valence-corrected chi connectivity index (χ4v) is 1.54. The maximum absolute atomic E-state index is 9.63. The van der Waals surface area contributed by atoms with Crippen molar-refractivity contribution in [2.75, 3.05) is 6.61 Å². The molecule has 1 rings (SSSR count). The molecule has 0 aliphatic carbocycles. The van der Waals surface area contributed by atoms with Crippen LogP contribution in [0.15, 0.2) is 18.2 Å². The average molecular weight is 236 g/mol. The van der Waals surface area contributed by atoms with Crippen LogP contribution in [0.5, 0.6) is 5.75 Å². The topological polar surface area (TPSA) is 29.5 Å². The lowest BCUT2D eigenvalue weighted by Gasteiger charge is -2.18. The van der Waals surface area contributed by atoms with Crippen molar-refractivity contribution in [1.29, 1.82) is 0 Å². The molecule has 17 heavy (non-hydrogen) atoms. The number of hydrogen-bond donors (Lipinski definition) is 1. The minimum absolute atomic E-state index is 0.507. The Morgan fingerprint density at radius 1 is 1.29 bits per heavy atom. The lowest BCUT2D eigenvalue weighted by atomic mass is 10.0. The van der Waals surface area contributed by atoms with Gasteiger partial charge < -0.3 is 9.84 Å². The summed E-state index contributed by atoms with van der Waals surface area (Å²) < 4.78 is 5.74. The summed E-state index contributed by atoms with van der Waals surface area (Å²) in [5.41, 5.74) is 1.77. The first-order valence-corrected chi connectivity index (χ1v) is 6.25. The highest BCUT2D eigenvalue weighted by molar-refractivity contribution is 5.37. The van der Waals surface area contributed by atoms with Crippen LogP contribution in [0, 0.1) is 6.92 Å². The fraction of sp³-hybridized carbons (Fsp3) is 0.600. The largest absolute Gasteiger partial charge is 0.493 e. The third-order valence-corrected chi connectivity index (χ3v) is 2.85. The van der Waals surface area contributed by atoms with E-state index >= 15 is 0 Å². The summed E-state index contributed by atoms with van der Waals surface area (Å²) in [6.07, 6.45) is 0.637. The van der Waals surface area contributed by atoms with Crippen LogP contribution < -0.4 is 4.74 Å². The van der Waals surface area contributed by atoms with Gasteiger partial charge in [-0.05, 0) is 43.9 Å². The van der Waals surface area contributed by atoms with Crippen molar-refractivity contribution >= 4 is 0 Å². The molecule has 2 heteroatoms. The van der Waals surface area contributed by atoms with Gasteiger partial charge in [0.1, 0.15) is 5.75 Å². The lowest BCUT2D eigenvalue weighted by molar-refractivity contribution is 0.0552. The van der Waals surface area contributed by atoms with E-state index in [4.69, 9.17) is 4.74 Å². The molecule has 0 radical (unpaired) electrons. The van der Waals surface area contributed by atoms with Crippen LogP contribution in [0.4, 0.5) is 0 Å². The van der Waals surface area contributed by atoms with Crippen LogP contribution in [-0.4, -0.2) is 17.3 Å². The van der Waals surface area contributed by atoms with Crippen molar-refractivity contribution in [3.63, 3.8) is 0 Å². The molecule has 0 fully saturated rings. The second-order valence-electron chi connectivity index (χ2n) is 5.59. The summed E-state index contributed by atoms with van der Waals surface area (Å²) in [6.45, 7) is 10.5. The monoisotopic (exact) mass is 236 g/mol. The third kappa shape index (κ3) is 4.78. The number of benzene rings is 1. The molecule has 0 aliphatic rings. The first-order chi connectivity index (χ1) is 7.79. The van der Waals surface area contributed by atoms with E-state index in [-0.39, 0.29) is 0 Å². The maximum atomic E-state index is 9.63. The summed E-state index contributed by atoms with van der Waals surface area (Å²) in [5, 5.41) is 9.63. The molecular formula is C15H24O2. The quantitative estimate of drug-likeness (QED) is 0.845. The van der Waals surface area contributed by atoms with Gasteiger partial charge in [-0.3, -0.25) is 0 Å². The van der Waals surface area contributed by atoms with Crippen molar-refractivity contribution in [3.05, 3.63) is 29.3 Å². The van der Waals surface area contributed by atoms with E-state index in [1.165, 1.54) is 5.56 Å². The number of aryl methyl sites for hydroxylation is 1. The van der Waals surface area contributed by atoms with Crippen molar-refractivity contribution in [1.82, 2.24) is 0 Å². The zero-order valence-corrected chi connectivity index (χ0v) is 11.6. The standard InChI is InChI=1S/C15H24O2/c1-11(2)13-7-6-12(3)14(10-13)17-9-8-15(4,5)16/h6-7,10-11,16H,8-9H2,1-5H3. The van der Waals surface area contributed by atoms with Gasteiger partial charge in [0.25, 0.3) is 0 Å². The molecule has 1 aromatic rings. The molecule has 0 unspecified atom stereocenters. The van der Waals surface area contributed by atoms with E-state index in [2.05, 4.69) is 32.0 Å². The molecule has 0 amide bonds. The number of ether oxygens (including phenoxy) is 1. The van der Waals surface area contributed by atoms with E-state index in [1.807, 2.05) is 6.92 Å². The van der Waals surface area contributed by atoms with Crippen LogP contribution in [0.1, 0.15) is 51.2 Å². The van der Waals surface area contributed by atoms with Gasteiger partial charge in [0, 0.05) is 6.42 Å². The second kappa shape index (κ2) is 5.54. The Morgan fingerprint density at radius 2 is 1.94 bits per heavy atom. The molecule has 96 valence electrons. The average Bonchev–Trinajstić information content (AvgIpc) is 2.18. The SMILES string of the molecule is Cc1ccc(C(C)C)cc1OCCC(C)(C)O. The van der Waals surface area contributed by atoms with Gasteiger partial charge in [0.2, 0.25) is 0 Å². The highest BCUT2D eigenvalue weighted by atomic mass is 16.5. The van der Waals surface area contributed by atoms with Gasteiger partial charge >= 0.3 is 0 Å². The van der Waals surface area contributed by atoms with Gasteiger partial charge in [-0.25, -0.2) is 0 Å². The normalized spacial score (nSPS) is 11.9. The first kappa shape index (κ1) is 14.0. The Kier molecular flexibility index (Phi) is 4.58. The molecule has 0 bridgehead atoms. The summed E-state index contributed by atoms with van der Waals surface area (Å²) >= 11 is 0. The van der Waals surface area contributed by atoms with Gasteiger partial charge in [0.15, 0.2) is 0 Å². The van der Waals surface area contributed by atoms with E-state index in [1.54, 1.807) is 13.8 Å². The molecule has 0 atom stereocenters. The molecule has 2 nitrogen and oxygen atoms in total. The summed E-state index contributed by atoms with van der Waals surface area (Å²) in [7, 11) is 0. The zero-order chi connectivity index (χ0) is 13.1. The van der Waals surface area contributed by atoms with Crippen molar-refractivity contribution in [2.45, 2.75) is 52.6 Å². The minimum atomic E-state index is -0.663. The van der Waals surface area contributed by atoms with Crippen LogP contribution in [-0.2, 0) is 0 Å². The van der Waals surface area contributed by atoms with Crippen molar-refractivity contribution in [2.24, 2.45) is 0 Å². The maximum Gasteiger partial charge on any atom is 0.122 e. The number of hydrogen-bond acceptors (Lipinski definition) is 2. The Balaban J connectivity index is 2.67. The Labute approximate surface area is 105 Å². The molecule has 1 N–H and O–H groups in total. The molecule has 0 saturated heterocycles. The molecule has 0 heterocycles. The van der Waals surface area contributed by atoms with E-state index < -0.39 is 5.60 Å². The van der Waals surface area contributed by atoms with Crippen LogP contribution in [0.25, 0.3) is 0 Å². The van der Waals surface area contributed by atoms with Gasteiger partial charge in [-0.15, -0.1) is 0 Å². The Bertz CT molecular complexity index is 362. The van der Waals surface area contributed by atoms with E-state index in [0.29, 0.717) is 18.9 Å². The smallest absolute Gasteiger partial charge is 0.122 e. The zero-order valence-electron chi connectivity index (χ0n) is 11.6. The predicted octanol–water partition coefficient (Wildman–Crippen LogP) is 3.66. The summed E-state index contributed by atoms with van der Waals surface area (Å²) in [5.74, 6) is 1.44. The molecular weight excluding hydrogens is 212 g/mol. The molecule has 0 aliphatic heterocycles. The second-order valence-corrected chi connectivity index (χ2v) is 5.59. The fourth-order valence-electron chi connectivity index (χ4n) is 1.54. The van der Waals surface area contributed by atoms with Crippen molar-refractivity contribution < 1.29 is 9.84 Å². The number of aliphatic hydroxyl groups is 1. The lowest BCUT2D eigenvalue weighted by Crippen LogP contribution is -2.21. The van der Waals surface area contributed by atoms with Crippen LogP contribution in [0.2, 0.25) is 0 Å². The van der Waals surface area contributed by atoms with E-state index in [0.717, 1.165) is 11.3 Å². The first-order valence-electron chi connectivity index (χ1n) is 6.25. The predicted molar refractivity (Wildman–Crippen MR) is 71.7 cm³/mol. The van der Waals surface area contributed by atoms with Crippen molar-refractivity contribution in [3.8, 4) is 5.75 Å². The summed E-state index contributed by atoms with van der Waals surface area (Å²) in [6, 6.07) is 6.34. The third-order valence-electron chi connectivity index (χ3n) is 2.85. The minimum Gasteiger partial charge on any atom is -0.493 e. The Morgan fingerprint density at radius 3 is 2.47 bits per heavy atom. The summed E-state index contributed by atoms with van der Waals surface area (Å²) in [4.78, 5) is 0. The molecule has 1 aromatic carbocycles. The van der Waals surface area contributed by atoms with Gasteiger partial charge in [-0.1, -0.05) is 26.0 Å². The molecule has 0 saturated carbocycles. The van der Waals surface area contributed by atoms with Crippen LogP contribution in [0.3, 0.4) is 0 Å². The van der Waals surface area contributed by atoms with Crippen LogP contribution >= 0.6 is 0 Å². The Hall–Kier alpha value is -1.02. The number of rotatable bonds is 5. The van der Waals surface area contributed by atoms with Gasteiger partial charge in [0.05, 0.1) is 12.2 Å². The van der Waals surface area contributed by atoms with E-state index in [9.17, 15) is 5.11 Å². The molecule has 0 aromatic heterocycles. The molecule has 0 spiro atoms. The highest BCUT2D eigenvalue weighted by Gasteiger charge is 2.12.